The first-order chi connectivity index (χ1) is 8.81. The lowest BCUT2D eigenvalue weighted by Crippen LogP contribution is -2.06. The Morgan fingerprint density at radius 3 is 2.63 bits per heavy atom. The molecule has 1 unspecified atom stereocenters. The predicted octanol–water partition coefficient (Wildman–Crippen LogP) is 3.99. The van der Waals surface area contributed by atoms with Crippen molar-refractivity contribution in [2.24, 2.45) is 5.92 Å². The summed E-state index contributed by atoms with van der Waals surface area (Å²) < 4.78 is 39.2. The van der Waals surface area contributed by atoms with Crippen molar-refractivity contribution in [2.45, 2.75) is 32.9 Å². The van der Waals surface area contributed by atoms with Crippen molar-refractivity contribution in [1.82, 2.24) is 14.6 Å². The summed E-state index contributed by atoms with van der Waals surface area (Å²) in [6, 6.07) is 1.81. The van der Waals surface area contributed by atoms with Gasteiger partial charge < -0.3 is 0 Å². The molecule has 0 spiro atoms. The molecule has 0 bridgehead atoms. The number of fused-ring (bicyclic) bond motifs is 1. The summed E-state index contributed by atoms with van der Waals surface area (Å²) in [5, 5.41) is 4.04. The van der Waals surface area contributed by atoms with Gasteiger partial charge in [0.1, 0.15) is 5.15 Å². The lowest BCUT2D eigenvalue weighted by Gasteiger charge is -2.06. The van der Waals surface area contributed by atoms with Crippen LogP contribution in [0.15, 0.2) is 12.1 Å². The second-order valence-corrected chi connectivity index (χ2v) is 4.97. The molecule has 2 rings (SSSR count). The van der Waals surface area contributed by atoms with Crippen LogP contribution in [0.5, 0.6) is 0 Å². The minimum Gasteiger partial charge on any atom is -0.212 e. The highest BCUT2D eigenvalue weighted by atomic mass is 35.5. The zero-order valence-electron chi connectivity index (χ0n) is 10.5. The fraction of sp³-hybridized carbons (Fsp3) is 0.500. The van der Waals surface area contributed by atoms with Gasteiger partial charge in [0.05, 0.1) is 5.56 Å². The van der Waals surface area contributed by atoms with E-state index in [2.05, 4.69) is 10.1 Å². The Balaban J connectivity index is 2.45. The van der Waals surface area contributed by atoms with Crippen LogP contribution in [0.2, 0.25) is 5.15 Å². The maximum Gasteiger partial charge on any atom is 0.416 e. The highest BCUT2D eigenvalue weighted by molar-refractivity contribution is 6.29. The van der Waals surface area contributed by atoms with Gasteiger partial charge in [-0.1, -0.05) is 31.9 Å². The van der Waals surface area contributed by atoms with Gasteiger partial charge in [0.2, 0.25) is 0 Å². The Bertz CT molecular complexity index is 592. The highest BCUT2D eigenvalue weighted by Gasteiger charge is 2.32. The summed E-state index contributed by atoms with van der Waals surface area (Å²) in [4.78, 5) is 4.10. The average molecular weight is 292 g/mol. The number of alkyl halides is 3. The van der Waals surface area contributed by atoms with Gasteiger partial charge in [-0.2, -0.15) is 13.2 Å². The summed E-state index contributed by atoms with van der Waals surface area (Å²) in [5.74, 6) is 0.883. The number of pyridine rings is 1. The standard InChI is InChI=1S/C12H13ClF3N3/c1-3-7(2)4-10-17-11-6-8(12(14,15)16)5-9(13)19(11)18-10/h5-7H,3-4H2,1-2H3. The molecule has 0 N–H and O–H groups in total. The molecule has 0 aliphatic carbocycles. The van der Waals surface area contributed by atoms with Crippen LogP contribution in [0.3, 0.4) is 0 Å². The van der Waals surface area contributed by atoms with Gasteiger partial charge in [-0.3, -0.25) is 0 Å². The smallest absolute Gasteiger partial charge is 0.212 e. The summed E-state index contributed by atoms with van der Waals surface area (Å²) >= 11 is 5.81. The number of rotatable bonds is 3. The highest BCUT2D eigenvalue weighted by Crippen LogP contribution is 2.31. The van der Waals surface area contributed by atoms with Crippen molar-refractivity contribution >= 4 is 17.2 Å². The summed E-state index contributed by atoms with van der Waals surface area (Å²) in [6.45, 7) is 4.07. The molecule has 0 saturated carbocycles. The van der Waals surface area contributed by atoms with Crippen LogP contribution in [-0.2, 0) is 12.6 Å². The van der Waals surface area contributed by atoms with E-state index < -0.39 is 11.7 Å². The minimum atomic E-state index is -4.44. The summed E-state index contributed by atoms with van der Waals surface area (Å²) in [5.41, 5.74) is -0.689. The van der Waals surface area contributed by atoms with Crippen molar-refractivity contribution in [1.29, 1.82) is 0 Å². The first kappa shape index (κ1) is 14.1. The second kappa shape index (κ2) is 5.00. The fourth-order valence-corrected chi connectivity index (χ4v) is 1.94. The topological polar surface area (TPSA) is 30.2 Å². The Labute approximate surface area is 113 Å². The first-order valence-corrected chi connectivity index (χ1v) is 6.31. The Morgan fingerprint density at radius 1 is 1.37 bits per heavy atom. The van der Waals surface area contributed by atoms with Crippen LogP contribution in [0.4, 0.5) is 13.2 Å². The number of nitrogens with zero attached hydrogens (tertiary/aromatic N) is 3. The molecule has 3 nitrogen and oxygen atoms in total. The van der Waals surface area contributed by atoms with E-state index in [4.69, 9.17) is 11.6 Å². The maximum absolute atomic E-state index is 12.7. The molecular weight excluding hydrogens is 279 g/mol. The third-order valence-electron chi connectivity index (χ3n) is 2.99. The van der Waals surface area contributed by atoms with Crippen LogP contribution < -0.4 is 0 Å². The molecule has 0 aliphatic rings. The zero-order chi connectivity index (χ0) is 14.2. The number of halogens is 4. The van der Waals surface area contributed by atoms with E-state index in [9.17, 15) is 13.2 Å². The molecule has 0 aromatic carbocycles. The van der Waals surface area contributed by atoms with Crippen LogP contribution in [-0.4, -0.2) is 14.6 Å². The predicted molar refractivity (Wildman–Crippen MR) is 66.2 cm³/mol. The van der Waals surface area contributed by atoms with Gasteiger partial charge in [0, 0.05) is 6.42 Å². The Morgan fingerprint density at radius 2 is 2.05 bits per heavy atom. The van der Waals surface area contributed by atoms with Crippen molar-refractivity contribution in [2.75, 3.05) is 0 Å². The van der Waals surface area contributed by atoms with E-state index in [0.717, 1.165) is 18.6 Å². The molecule has 1 atom stereocenters. The van der Waals surface area contributed by atoms with Gasteiger partial charge in [0.15, 0.2) is 11.5 Å². The van der Waals surface area contributed by atoms with E-state index in [1.165, 1.54) is 4.52 Å². The van der Waals surface area contributed by atoms with E-state index in [1.54, 1.807) is 0 Å². The molecule has 0 aliphatic heterocycles. The van der Waals surface area contributed by atoms with E-state index in [-0.39, 0.29) is 10.8 Å². The molecule has 0 fully saturated rings. The number of hydrogen-bond acceptors (Lipinski definition) is 2. The molecule has 7 heteroatoms. The van der Waals surface area contributed by atoms with Gasteiger partial charge in [-0.05, 0) is 18.1 Å². The van der Waals surface area contributed by atoms with Crippen molar-refractivity contribution in [3.05, 3.63) is 28.7 Å². The fourth-order valence-electron chi connectivity index (χ4n) is 1.70. The largest absolute Gasteiger partial charge is 0.416 e. The SMILES string of the molecule is CCC(C)Cc1nc2cc(C(F)(F)F)cc(Cl)n2n1. The molecule has 2 aromatic rings. The lowest BCUT2D eigenvalue weighted by molar-refractivity contribution is -0.137. The minimum absolute atomic E-state index is 0.0901. The molecule has 19 heavy (non-hydrogen) atoms. The number of hydrogen-bond donors (Lipinski definition) is 0. The molecule has 2 heterocycles. The molecule has 2 aromatic heterocycles. The van der Waals surface area contributed by atoms with Crippen molar-refractivity contribution < 1.29 is 13.2 Å². The molecule has 0 radical (unpaired) electrons. The quantitative estimate of drug-likeness (QED) is 0.800. The lowest BCUT2D eigenvalue weighted by atomic mass is 10.1. The third kappa shape index (κ3) is 3.00. The molecular formula is C12H13ClF3N3. The number of aromatic nitrogens is 3. The Kier molecular flexibility index (Phi) is 3.71. The second-order valence-electron chi connectivity index (χ2n) is 4.58. The van der Waals surface area contributed by atoms with Gasteiger partial charge >= 0.3 is 6.18 Å². The summed E-state index contributed by atoms with van der Waals surface area (Å²) in [7, 11) is 0. The maximum atomic E-state index is 12.7. The van der Waals surface area contributed by atoms with Crippen LogP contribution >= 0.6 is 11.6 Å². The normalized spacial score (nSPS) is 14.0. The average Bonchev–Trinajstić information content (AvgIpc) is 2.70. The molecule has 0 saturated heterocycles. The Hall–Kier alpha value is -1.30. The molecule has 0 amide bonds. The van der Waals surface area contributed by atoms with Gasteiger partial charge in [0.25, 0.3) is 0 Å². The van der Waals surface area contributed by atoms with Crippen molar-refractivity contribution in [3.63, 3.8) is 0 Å². The van der Waals surface area contributed by atoms with Crippen LogP contribution in [0.1, 0.15) is 31.7 Å². The monoisotopic (exact) mass is 291 g/mol. The van der Waals surface area contributed by atoms with Gasteiger partial charge in [-0.15, -0.1) is 5.10 Å². The first-order valence-electron chi connectivity index (χ1n) is 5.93. The van der Waals surface area contributed by atoms with Crippen molar-refractivity contribution in [3.8, 4) is 0 Å². The van der Waals surface area contributed by atoms with Crippen LogP contribution in [0, 0.1) is 5.92 Å². The van der Waals surface area contributed by atoms with E-state index >= 15 is 0 Å². The zero-order valence-corrected chi connectivity index (χ0v) is 11.3. The summed E-state index contributed by atoms with van der Waals surface area (Å²) in [6.07, 6.45) is -2.86. The third-order valence-corrected chi connectivity index (χ3v) is 3.26. The van der Waals surface area contributed by atoms with E-state index in [1.807, 2.05) is 13.8 Å². The van der Waals surface area contributed by atoms with E-state index in [0.29, 0.717) is 18.2 Å². The molecule has 104 valence electrons. The van der Waals surface area contributed by atoms with Crippen LogP contribution in [0.25, 0.3) is 5.65 Å². The van der Waals surface area contributed by atoms with Gasteiger partial charge in [-0.25, -0.2) is 9.50 Å².